The third-order valence-electron chi connectivity index (χ3n) is 3.37. The van der Waals surface area contributed by atoms with Crippen molar-refractivity contribution in [2.45, 2.75) is 13.3 Å². The molecule has 1 aliphatic heterocycles. The van der Waals surface area contributed by atoms with Crippen LogP contribution in [0, 0.1) is 0 Å². The number of rotatable bonds is 2. The Kier molecular flexibility index (Phi) is 3.79. The van der Waals surface area contributed by atoms with Crippen molar-refractivity contribution in [3.05, 3.63) is 35.4 Å². The molecule has 0 aromatic heterocycles. The van der Waals surface area contributed by atoms with Crippen molar-refractivity contribution in [1.29, 1.82) is 0 Å². The third-order valence-corrected chi connectivity index (χ3v) is 3.37. The van der Waals surface area contributed by atoms with Crippen LogP contribution < -0.4 is 0 Å². The molecule has 0 atom stereocenters. The van der Waals surface area contributed by atoms with Crippen LogP contribution in [0.25, 0.3) is 0 Å². The zero-order valence-corrected chi connectivity index (χ0v) is 10.6. The molecule has 0 aliphatic carbocycles. The van der Waals surface area contributed by atoms with Gasteiger partial charge in [-0.15, -0.1) is 0 Å². The molecule has 3 nitrogen and oxygen atoms in total. The quantitative estimate of drug-likeness (QED) is 0.774. The Labute approximate surface area is 103 Å². The molecule has 2 rings (SSSR count). The number of carbonyl (C=O) groups is 1. The summed E-state index contributed by atoms with van der Waals surface area (Å²) < 4.78 is 0. The summed E-state index contributed by atoms with van der Waals surface area (Å²) in [5, 5.41) is 0. The van der Waals surface area contributed by atoms with E-state index in [-0.39, 0.29) is 5.91 Å². The number of benzene rings is 1. The molecule has 0 radical (unpaired) electrons. The van der Waals surface area contributed by atoms with Crippen LogP contribution in [0.4, 0.5) is 0 Å². The standard InChI is InChI=1S/C14H20N2O/c1-3-12-5-4-6-13(11-12)14(17)16-9-7-15(2)8-10-16/h4-6,11H,3,7-10H2,1-2H3. The number of hydrogen-bond acceptors (Lipinski definition) is 2. The van der Waals surface area contributed by atoms with E-state index in [1.807, 2.05) is 23.1 Å². The highest BCUT2D eigenvalue weighted by Crippen LogP contribution is 2.10. The number of piperazine rings is 1. The average molecular weight is 232 g/mol. The van der Waals surface area contributed by atoms with Gasteiger partial charge in [0.15, 0.2) is 0 Å². The van der Waals surface area contributed by atoms with Crippen LogP contribution >= 0.6 is 0 Å². The lowest BCUT2D eigenvalue weighted by atomic mass is 10.1. The predicted molar refractivity (Wildman–Crippen MR) is 69.2 cm³/mol. The lowest BCUT2D eigenvalue weighted by Crippen LogP contribution is -2.47. The van der Waals surface area contributed by atoms with E-state index in [0.29, 0.717) is 0 Å². The number of hydrogen-bond donors (Lipinski definition) is 0. The van der Waals surface area contributed by atoms with Crippen LogP contribution in [-0.4, -0.2) is 48.9 Å². The summed E-state index contributed by atoms with van der Waals surface area (Å²) in [4.78, 5) is 16.5. The highest BCUT2D eigenvalue weighted by molar-refractivity contribution is 5.94. The number of nitrogens with zero attached hydrogens (tertiary/aromatic N) is 2. The first-order valence-electron chi connectivity index (χ1n) is 6.27. The predicted octanol–water partition coefficient (Wildman–Crippen LogP) is 1.64. The molecule has 1 aliphatic rings. The Morgan fingerprint density at radius 1 is 1.24 bits per heavy atom. The fraction of sp³-hybridized carbons (Fsp3) is 0.500. The van der Waals surface area contributed by atoms with Crippen molar-refractivity contribution < 1.29 is 4.79 Å². The van der Waals surface area contributed by atoms with Gasteiger partial charge in [0, 0.05) is 31.7 Å². The van der Waals surface area contributed by atoms with Crippen LogP contribution in [0.5, 0.6) is 0 Å². The van der Waals surface area contributed by atoms with E-state index in [0.717, 1.165) is 38.2 Å². The fourth-order valence-corrected chi connectivity index (χ4v) is 2.12. The van der Waals surface area contributed by atoms with Gasteiger partial charge in [-0.25, -0.2) is 0 Å². The van der Waals surface area contributed by atoms with Gasteiger partial charge in [-0.05, 0) is 31.2 Å². The topological polar surface area (TPSA) is 23.6 Å². The van der Waals surface area contributed by atoms with Crippen molar-refractivity contribution in [2.24, 2.45) is 0 Å². The Balaban J connectivity index is 2.08. The van der Waals surface area contributed by atoms with E-state index in [9.17, 15) is 4.79 Å². The van der Waals surface area contributed by atoms with E-state index >= 15 is 0 Å². The second kappa shape index (κ2) is 5.32. The molecule has 0 saturated carbocycles. The van der Waals surface area contributed by atoms with E-state index < -0.39 is 0 Å². The smallest absolute Gasteiger partial charge is 0.253 e. The maximum Gasteiger partial charge on any atom is 0.253 e. The molecule has 1 aromatic rings. The van der Waals surface area contributed by atoms with E-state index in [2.05, 4.69) is 24.9 Å². The van der Waals surface area contributed by atoms with Gasteiger partial charge in [0.25, 0.3) is 5.91 Å². The Hall–Kier alpha value is -1.35. The van der Waals surface area contributed by atoms with Crippen molar-refractivity contribution in [3.8, 4) is 0 Å². The molecule has 1 heterocycles. The van der Waals surface area contributed by atoms with Crippen molar-refractivity contribution >= 4 is 5.91 Å². The monoisotopic (exact) mass is 232 g/mol. The minimum absolute atomic E-state index is 0.174. The average Bonchev–Trinajstić information content (AvgIpc) is 2.39. The summed E-state index contributed by atoms with van der Waals surface area (Å²) in [5.74, 6) is 0.174. The molecule has 17 heavy (non-hydrogen) atoms. The number of aryl methyl sites for hydroxylation is 1. The summed E-state index contributed by atoms with van der Waals surface area (Å²) in [6, 6.07) is 7.98. The first-order valence-corrected chi connectivity index (χ1v) is 6.27. The largest absolute Gasteiger partial charge is 0.336 e. The van der Waals surface area contributed by atoms with Gasteiger partial charge < -0.3 is 9.80 Å². The van der Waals surface area contributed by atoms with Crippen LogP contribution in [0.15, 0.2) is 24.3 Å². The SMILES string of the molecule is CCc1cccc(C(=O)N2CCN(C)CC2)c1. The maximum absolute atomic E-state index is 12.3. The van der Waals surface area contributed by atoms with Gasteiger partial charge in [-0.1, -0.05) is 19.1 Å². The van der Waals surface area contributed by atoms with Gasteiger partial charge in [-0.3, -0.25) is 4.79 Å². The first-order chi connectivity index (χ1) is 8.20. The van der Waals surface area contributed by atoms with Crippen LogP contribution in [0.2, 0.25) is 0 Å². The zero-order chi connectivity index (χ0) is 12.3. The van der Waals surface area contributed by atoms with Crippen molar-refractivity contribution in [1.82, 2.24) is 9.80 Å². The molecular weight excluding hydrogens is 212 g/mol. The molecule has 1 fully saturated rings. The summed E-state index contributed by atoms with van der Waals surface area (Å²) in [6.45, 7) is 5.73. The Morgan fingerprint density at radius 2 is 1.94 bits per heavy atom. The van der Waals surface area contributed by atoms with E-state index in [1.165, 1.54) is 5.56 Å². The minimum atomic E-state index is 0.174. The molecule has 0 spiro atoms. The fourth-order valence-electron chi connectivity index (χ4n) is 2.12. The van der Waals surface area contributed by atoms with Crippen molar-refractivity contribution in [3.63, 3.8) is 0 Å². The van der Waals surface area contributed by atoms with E-state index in [4.69, 9.17) is 0 Å². The summed E-state index contributed by atoms with van der Waals surface area (Å²) >= 11 is 0. The first kappa shape index (κ1) is 12.1. The van der Waals surface area contributed by atoms with E-state index in [1.54, 1.807) is 0 Å². The number of carbonyl (C=O) groups excluding carboxylic acids is 1. The van der Waals surface area contributed by atoms with Crippen LogP contribution in [-0.2, 0) is 6.42 Å². The minimum Gasteiger partial charge on any atom is -0.336 e. The zero-order valence-electron chi connectivity index (χ0n) is 10.6. The van der Waals surface area contributed by atoms with Gasteiger partial charge in [0.05, 0.1) is 0 Å². The molecular formula is C14H20N2O. The summed E-state index contributed by atoms with van der Waals surface area (Å²) in [5.41, 5.74) is 2.05. The molecule has 3 heteroatoms. The third kappa shape index (κ3) is 2.86. The van der Waals surface area contributed by atoms with Crippen LogP contribution in [0.3, 0.4) is 0 Å². The summed E-state index contributed by atoms with van der Waals surface area (Å²) in [6.07, 6.45) is 0.976. The van der Waals surface area contributed by atoms with Gasteiger partial charge in [-0.2, -0.15) is 0 Å². The van der Waals surface area contributed by atoms with Crippen LogP contribution in [0.1, 0.15) is 22.8 Å². The van der Waals surface area contributed by atoms with Gasteiger partial charge in [0.1, 0.15) is 0 Å². The molecule has 1 aromatic carbocycles. The Bertz CT molecular complexity index is 395. The molecule has 1 amide bonds. The number of amides is 1. The Morgan fingerprint density at radius 3 is 2.59 bits per heavy atom. The lowest BCUT2D eigenvalue weighted by Gasteiger charge is -2.32. The second-order valence-corrected chi connectivity index (χ2v) is 4.65. The summed E-state index contributed by atoms with van der Waals surface area (Å²) in [7, 11) is 2.10. The normalized spacial score (nSPS) is 17.2. The maximum atomic E-state index is 12.3. The lowest BCUT2D eigenvalue weighted by molar-refractivity contribution is 0.0664. The molecule has 1 saturated heterocycles. The number of likely N-dealkylation sites (N-methyl/N-ethyl adjacent to an activating group) is 1. The molecule has 0 N–H and O–H groups in total. The molecule has 0 bridgehead atoms. The molecule has 0 unspecified atom stereocenters. The highest BCUT2D eigenvalue weighted by atomic mass is 16.2. The second-order valence-electron chi connectivity index (χ2n) is 4.65. The highest BCUT2D eigenvalue weighted by Gasteiger charge is 2.20. The van der Waals surface area contributed by atoms with Gasteiger partial charge >= 0.3 is 0 Å². The van der Waals surface area contributed by atoms with Gasteiger partial charge in [0.2, 0.25) is 0 Å². The molecule has 92 valence electrons. The van der Waals surface area contributed by atoms with Crippen molar-refractivity contribution in [2.75, 3.05) is 33.2 Å².